The summed E-state index contributed by atoms with van der Waals surface area (Å²) in [7, 11) is 0. The van der Waals surface area contributed by atoms with Crippen molar-refractivity contribution in [2.45, 2.75) is 6.92 Å². The Morgan fingerprint density at radius 1 is 1.50 bits per heavy atom. The van der Waals surface area contributed by atoms with Crippen LogP contribution >= 0.6 is 0 Å². The maximum absolute atomic E-state index is 11.5. The van der Waals surface area contributed by atoms with Gasteiger partial charge in [-0.05, 0) is 19.1 Å². The summed E-state index contributed by atoms with van der Waals surface area (Å²) in [5.41, 5.74) is 0.358. The van der Waals surface area contributed by atoms with Crippen LogP contribution in [0.1, 0.15) is 12.5 Å². The molecule has 4 heteroatoms. The Morgan fingerprint density at radius 2 is 2.31 bits per heavy atom. The van der Waals surface area contributed by atoms with Crippen LogP contribution in [-0.2, 0) is 0 Å². The maximum atomic E-state index is 11.5. The summed E-state index contributed by atoms with van der Waals surface area (Å²) in [6, 6.07) is 8.86. The molecule has 0 radical (unpaired) electrons. The Balaban J connectivity index is 2.76. The van der Waals surface area contributed by atoms with E-state index < -0.39 is 0 Å². The van der Waals surface area contributed by atoms with Crippen molar-refractivity contribution >= 4 is 10.9 Å². The fourth-order valence-electron chi connectivity index (χ4n) is 1.56. The molecule has 0 saturated carbocycles. The van der Waals surface area contributed by atoms with Crippen molar-refractivity contribution in [2.75, 3.05) is 6.61 Å². The second-order valence-corrected chi connectivity index (χ2v) is 3.28. The Morgan fingerprint density at radius 3 is 3.00 bits per heavy atom. The molecule has 0 fully saturated rings. The van der Waals surface area contributed by atoms with Crippen molar-refractivity contribution in [3.05, 3.63) is 40.2 Å². The lowest BCUT2D eigenvalue weighted by molar-refractivity contribution is 0.343. The second-order valence-electron chi connectivity index (χ2n) is 3.28. The van der Waals surface area contributed by atoms with Gasteiger partial charge in [0.2, 0.25) is 0 Å². The van der Waals surface area contributed by atoms with Gasteiger partial charge in [0.15, 0.2) is 0 Å². The molecule has 1 N–H and O–H groups in total. The standard InChI is InChI=1S/C12H10N2O2/c1-2-16-10-5-3-4-8-6-9(7-13)12(15)14-11(8)10/h3-6H,2H2,1H3,(H,14,15). The zero-order chi connectivity index (χ0) is 11.5. The number of nitrogens with zero attached hydrogens (tertiary/aromatic N) is 1. The fourth-order valence-corrected chi connectivity index (χ4v) is 1.56. The first kappa shape index (κ1) is 10.2. The molecule has 1 aromatic heterocycles. The third kappa shape index (κ3) is 1.63. The van der Waals surface area contributed by atoms with E-state index >= 15 is 0 Å². The lowest BCUT2D eigenvalue weighted by Gasteiger charge is -2.06. The van der Waals surface area contributed by atoms with Gasteiger partial charge in [-0.15, -0.1) is 0 Å². The van der Waals surface area contributed by atoms with Crippen LogP contribution in [0.2, 0.25) is 0 Å². The molecule has 0 unspecified atom stereocenters. The molecule has 0 saturated heterocycles. The van der Waals surface area contributed by atoms with Crippen LogP contribution < -0.4 is 10.3 Å². The van der Waals surface area contributed by atoms with E-state index in [0.29, 0.717) is 17.9 Å². The van der Waals surface area contributed by atoms with E-state index in [0.717, 1.165) is 5.39 Å². The Bertz CT molecular complexity index is 623. The molecule has 2 rings (SSSR count). The van der Waals surface area contributed by atoms with E-state index in [4.69, 9.17) is 10.00 Å². The van der Waals surface area contributed by atoms with Crippen LogP contribution in [-0.4, -0.2) is 11.6 Å². The number of benzene rings is 1. The van der Waals surface area contributed by atoms with Crippen LogP contribution in [0.5, 0.6) is 5.75 Å². The first-order valence-corrected chi connectivity index (χ1v) is 4.95. The molecule has 0 aliphatic carbocycles. The minimum atomic E-state index is -0.387. The third-order valence-electron chi connectivity index (χ3n) is 2.26. The quantitative estimate of drug-likeness (QED) is 0.828. The molecule has 0 atom stereocenters. The van der Waals surface area contributed by atoms with Gasteiger partial charge in [-0.25, -0.2) is 0 Å². The van der Waals surface area contributed by atoms with Crippen molar-refractivity contribution in [3.63, 3.8) is 0 Å². The molecule has 2 aromatic rings. The predicted octanol–water partition coefficient (Wildman–Crippen LogP) is 1.80. The molecule has 4 nitrogen and oxygen atoms in total. The number of aromatic nitrogens is 1. The number of ether oxygens (including phenoxy) is 1. The minimum absolute atomic E-state index is 0.112. The average Bonchev–Trinajstić information content (AvgIpc) is 2.29. The topological polar surface area (TPSA) is 65.9 Å². The number of para-hydroxylation sites is 1. The number of nitriles is 1. The molecule has 0 bridgehead atoms. The number of hydrogen-bond acceptors (Lipinski definition) is 3. The molecule has 0 amide bonds. The Hall–Kier alpha value is -2.28. The lowest BCUT2D eigenvalue weighted by Crippen LogP contribution is -2.10. The normalized spacial score (nSPS) is 10.0. The van der Waals surface area contributed by atoms with Crippen molar-refractivity contribution in [3.8, 4) is 11.8 Å². The van der Waals surface area contributed by atoms with Gasteiger partial charge in [0, 0.05) is 5.39 Å². The predicted molar refractivity (Wildman–Crippen MR) is 60.5 cm³/mol. The monoisotopic (exact) mass is 214 g/mol. The molecule has 1 aromatic carbocycles. The Labute approximate surface area is 92.1 Å². The van der Waals surface area contributed by atoms with Crippen molar-refractivity contribution in [2.24, 2.45) is 0 Å². The molecular weight excluding hydrogens is 204 g/mol. The number of H-pyrrole nitrogens is 1. The number of pyridine rings is 1. The van der Waals surface area contributed by atoms with E-state index in [9.17, 15) is 4.79 Å². The van der Waals surface area contributed by atoms with E-state index in [1.807, 2.05) is 25.1 Å². The molecular formula is C12H10N2O2. The summed E-state index contributed by atoms with van der Waals surface area (Å²) in [5, 5.41) is 9.54. The zero-order valence-electron chi connectivity index (χ0n) is 8.78. The van der Waals surface area contributed by atoms with Crippen LogP contribution in [0.25, 0.3) is 10.9 Å². The van der Waals surface area contributed by atoms with Crippen LogP contribution in [0.15, 0.2) is 29.1 Å². The van der Waals surface area contributed by atoms with Gasteiger partial charge in [-0.3, -0.25) is 4.79 Å². The van der Waals surface area contributed by atoms with Gasteiger partial charge in [0.05, 0.1) is 12.1 Å². The number of rotatable bonds is 2. The SMILES string of the molecule is CCOc1cccc2cc(C#N)c(=O)[nH]c12. The largest absolute Gasteiger partial charge is 0.492 e. The summed E-state index contributed by atoms with van der Waals surface area (Å²) in [6.45, 7) is 2.40. The first-order valence-electron chi connectivity index (χ1n) is 4.95. The van der Waals surface area contributed by atoms with Crippen LogP contribution in [0, 0.1) is 11.3 Å². The van der Waals surface area contributed by atoms with E-state index in [1.165, 1.54) is 0 Å². The molecule has 80 valence electrons. The summed E-state index contributed by atoms with van der Waals surface area (Å²) in [5.74, 6) is 0.626. The molecule has 0 aliphatic heterocycles. The van der Waals surface area contributed by atoms with Gasteiger partial charge >= 0.3 is 0 Å². The van der Waals surface area contributed by atoms with Gasteiger partial charge in [-0.2, -0.15) is 5.26 Å². The van der Waals surface area contributed by atoms with E-state index in [1.54, 1.807) is 12.1 Å². The number of hydrogen-bond donors (Lipinski definition) is 1. The average molecular weight is 214 g/mol. The first-order chi connectivity index (χ1) is 7.76. The number of aromatic amines is 1. The van der Waals surface area contributed by atoms with E-state index in [2.05, 4.69) is 4.98 Å². The smallest absolute Gasteiger partial charge is 0.266 e. The van der Waals surface area contributed by atoms with Crippen molar-refractivity contribution in [1.29, 1.82) is 5.26 Å². The minimum Gasteiger partial charge on any atom is -0.492 e. The molecule has 0 aliphatic rings. The van der Waals surface area contributed by atoms with Crippen molar-refractivity contribution in [1.82, 2.24) is 4.98 Å². The summed E-state index contributed by atoms with van der Waals surface area (Å²) in [6.07, 6.45) is 0. The van der Waals surface area contributed by atoms with Crippen LogP contribution in [0.3, 0.4) is 0 Å². The number of nitrogens with one attached hydrogen (secondary N) is 1. The highest BCUT2D eigenvalue weighted by molar-refractivity contribution is 5.85. The summed E-state index contributed by atoms with van der Waals surface area (Å²) >= 11 is 0. The van der Waals surface area contributed by atoms with E-state index in [-0.39, 0.29) is 11.1 Å². The van der Waals surface area contributed by atoms with Crippen LogP contribution in [0.4, 0.5) is 0 Å². The molecule has 0 spiro atoms. The fraction of sp³-hybridized carbons (Fsp3) is 0.167. The lowest BCUT2D eigenvalue weighted by atomic mass is 10.1. The van der Waals surface area contributed by atoms with Gasteiger partial charge in [0.25, 0.3) is 5.56 Å². The van der Waals surface area contributed by atoms with Gasteiger partial charge < -0.3 is 9.72 Å². The highest BCUT2D eigenvalue weighted by atomic mass is 16.5. The van der Waals surface area contributed by atoms with Crippen molar-refractivity contribution < 1.29 is 4.74 Å². The second kappa shape index (κ2) is 4.07. The number of fused-ring (bicyclic) bond motifs is 1. The third-order valence-corrected chi connectivity index (χ3v) is 2.26. The summed E-state index contributed by atoms with van der Waals surface area (Å²) < 4.78 is 5.39. The maximum Gasteiger partial charge on any atom is 0.266 e. The zero-order valence-corrected chi connectivity index (χ0v) is 8.78. The highest BCUT2D eigenvalue weighted by Crippen LogP contribution is 2.22. The molecule has 1 heterocycles. The Kier molecular flexibility index (Phi) is 2.61. The molecule has 16 heavy (non-hydrogen) atoms. The highest BCUT2D eigenvalue weighted by Gasteiger charge is 2.05. The summed E-state index contributed by atoms with van der Waals surface area (Å²) in [4.78, 5) is 14.1. The van der Waals surface area contributed by atoms with Gasteiger partial charge in [-0.1, -0.05) is 12.1 Å². The van der Waals surface area contributed by atoms with Gasteiger partial charge in [0.1, 0.15) is 17.4 Å².